The van der Waals surface area contributed by atoms with E-state index in [1.165, 1.54) is 0 Å². The number of hydrogen-bond acceptors (Lipinski definition) is 3. The Morgan fingerprint density at radius 2 is 1.68 bits per heavy atom. The minimum absolute atomic E-state index is 0.106. The van der Waals surface area contributed by atoms with Crippen LogP contribution < -0.4 is 5.32 Å². The highest BCUT2D eigenvalue weighted by Crippen LogP contribution is 2.33. The maximum atomic E-state index is 12.7. The zero-order valence-electron chi connectivity index (χ0n) is 18.0. The summed E-state index contributed by atoms with van der Waals surface area (Å²) in [5.41, 5.74) is 4.56. The van der Waals surface area contributed by atoms with Gasteiger partial charge in [0.2, 0.25) is 5.91 Å². The molecule has 4 rings (SSSR count). The van der Waals surface area contributed by atoms with Gasteiger partial charge in [-0.1, -0.05) is 36.4 Å². The highest BCUT2D eigenvalue weighted by atomic mass is 16.2. The Balaban J connectivity index is 1.39. The summed E-state index contributed by atoms with van der Waals surface area (Å²) in [7, 11) is 0. The van der Waals surface area contributed by atoms with Gasteiger partial charge in [0, 0.05) is 30.0 Å². The van der Waals surface area contributed by atoms with Crippen molar-refractivity contribution in [2.45, 2.75) is 39.2 Å². The number of piperidine rings is 1. The van der Waals surface area contributed by atoms with Gasteiger partial charge in [-0.15, -0.1) is 0 Å². The van der Waals surface area contributed by atoms with Crippen LogP contribution in [0.4, 0.5) is 5.69 Å². The Bertz CT molecular complexity index is 1070. The number of nitrogens with zero attached hydrogens (tertiary/aromatic N) is 3. The van der Waals surface area contributed by atoms with Crippen molar-refractivity contribution in [3.8, 4) is 0 Å². The average molecular weight is 417 g/mol. The molecule has 3 aromatic rings. The standard InChI is InChI=1S/C25H28N4O2/c1-18-16-19(2)29(27-18)17-24(30)28-14-12-20(13-15-28)22-10-6-7-11-23(22)26-25(31)21-8-4-3-5-9-21/h3-11,16,20H,12-15,17H2,1-2H3,(H,26,31). The van der Waals surface area contributed by atoms with E-state index in [0.29, 0.717) is 24.6 Å². The molecule has 160 valence electrons. The first-order valence-electron chi connectivity index (χ1n) is 10.8. The highest BCUT2D eigenvalue weighted by Gasteiger charge is 2.26. The van der Waals surface area contributed by atoms with E-state index >= 15 is 0 Å². The van der Waals surface area contributed by atoms with Crippen LogP contribution in [0.3, 0.4) is 0 Å². The molecule has 0 unspecified atom stereocenters. The lowest BCUT2D eigenvalue weighted by Gasteiger charge is -2.33. The molecule has 0 atom stereocenters. The first-order chi connectivity index (χ1) is 15.0. The molecule has 0 spiro atoms. The summed E-state index contributed by atoms with van der Waals surface area (Å²) in [5.74, 6) is 0.311. The van der Waals surface area contributed by atoms with Crippen molar-refractivity contribution in [3.05, 3.63) is 83.2 Å². The van der Waals surface area contributed by atoms with Crippen LogP contribution in [-0.2, 0) is 11.3 Å². The molecule has 1 aliphatic rings. The number of carbonyl (C=O) groups excluding carboxylic acids is 2. The van der Waals surface area contributed by atoms with Crippen molar-refractivity contribution in [2.75, 3.05) is 18.4 Å². The van der Waals surface area contributed by atoms with E-state index in [2.05, 4.69) is 16.5 Å². The third-order valence-corrected chi connectivity index (χ3v) is 5.92. The topological polar surface area (TPSA) is 67.2 Å². The maximum absolute atomic E-state index is 12.7. The largest absolute Gasteiger partial charge is 0.341 e. The van der Waals surface area contributed by atoms with E-state index in [9.17, 15) is 9.59 Å². The Labute approximate surface area is 182 Å². The van der Waals surface area contributed by atoms with Crippen LogP contribution in [-0.4, -0.2) is 39.6 Å². The number of rotatable bonds is 5. The van der Waals surface area contributed by atoms with Crippen LogP contribution in [0.25, 0.3) is 0 Å². The van der Waals surface area contributed by atoms with Gasteiger partial charge in [-0.2, -0.15) is 5.10 Å². The summed E-state index contributed by atoms with van der Waals surface area (Å²) in [5, 5.41) is 7.47. The molecular formula is C25H28N4O2. The van der Waals surface area contributed by atoms with Crippen molar-refractivity contribution in [1.29, 1.82) is 0 Å². The van der Waals surface area contributed by atoms with E-state index in [1.54, 1.807) is 4.68 Å². The van der Waals surface area contributed by atoms with Gasteiger partial charge in [-0.25, -0.2) is 0 Å². The summed E-state index contributed by atoms with van der Waals surface area (Å²) in [4.78, 5) is 27.3. The number of aryl methyl sites for hydroxylation is 2. The highest BCUT2D eigenvalue weighted by molar-refractivity contribution is 6.04. The predicted octanol–water partition coefficient (Wildman–Crippen LogP) is 4.16. The minimum atomic E-state index is -0.106. The van der Waals surface area contributed by atoms with E-state index in [1.807, 2.05) is 73.3 Å². The quantitative estimate of drug-likeness (QED) is 0.679. The molecule has 0 saturated carbocycles. The molecule has 31 heavy (non-hydrogen) atoms. The molecule has 0 aliphatic carbocycles. The molecule has 0 bridgehead atoms. The fourth-order valence-corrected chi connectivity index (χ4v) is 4.25. The predicted molar refractivity (Wildman–Crippen MR) is 121 cm³/mol. The molecular weight excluding hydrogens is 388 g/mol. The van der Waals surface area contributed by atoms with E-state index in [0.717, 1.165) is 35.5 Å². The van der Waals surface area contributed by atoms with Crippen molar-refractivity contribution in [3.63, 3.8) is 0 Å². The molecule has 1 aromatic heterocycles. The maximum Gasteiger partial charge on any atom is 0.255 e. The van der Waals surface area contributed by atoms with Gasteiger partial charge < -0.3 is 10.2 Å². The smallest absolute Gasteiger partial charge is 0.255 e. The molecule has 1 fully saturated rings. The molecule has 2 heterocycles. The number of aromatic nitrogens is 2. The van der Waals surface area contributed by atoms with Crippen LogP contribution in [0.1, 0.15) is 46.1 Å². The Kier molecular flexibility index (Phi) is 6.16. The molecule has 1 aliphatic heterocycles. The first kappa shape index (κ1) is 20.8. The SMILES string of the molecule is Cc1cc(C)n(CC(=O)N2CCC(c3ccccc3NC(=O)c3ccccc3)CC2)n1. The Morgan fingerprint density at radius 3 is 2.35 bits per heavy atom. The summed E-state index contributed by atoms with van der Waals surface area (Å²) < 4.78 is 1.78. The monoisotopic (exact) mass is 416 g/mol. The van der Waals surface area contributed by atoms with Crippen LogP contribution >= 0.6 is 0 Å². The third-order valence-electron chi connectivity index (χ3n) is 5.92. The van der Waals surface area contributed by atoms with Gasteiger partial charge in [-0.05, 0) is 62.4 Å². The fourth-order valence-electron chi connectivity index (χ4n) is 4.25. The molecule has 2 amide bonds. The van der Waals surface area contributed by atoms with Gasteiger partial charge >= 0.3 is 0 Å². The number of likely N-dealkylation sites (tertiary alicyclic amines) is 1. The number of hydrogen-bond donors (Lipinski definition) is 1. The molecule has 6 heteroatoms. The van der Waals surface area contributed by atoms with Crippen molar-refractivity contribution < 1.29 is 9.59 Å². The molecule has 1 saturated heterocycles. The Morgan fingerprint density at radius 1 is 1.00 bits per heavy atom. The number of carbonyl (C=O) groups is 2. The summed E-state index contributed by atoms with van der Waals surface area (Å²) in [6.07, 6.45) is 1.75. The van der Waals surface area contributed by atoms with Gasteiger partial charge in [0.15, 0.2) is 0 Å². The van der Waals surface area contributed by atoms with E-state index < -0.39 is 0 Å². The number of benzene rings is 2. The van der Waals surface area contributed by atoms with E-state index in [-0.39, 0.29) is 18.4 Å². The van der Waals surface area contributed by atoms with Crippen LogP contribution in [0.15, 0.2) is 60.7 Å². The van der Waals surface area contributed by atoms with Crippen molar-refractivity contribution in [1.82, 2.24) is 14.7 Å². The normalized spacial score (nSPS) is 14.5. The number of amides is 2. The summed E-state index contributed by atoms with van der Waals surface area (Å²) in [6, 6.07) is 19.2. The second-order valence-corrected chi connectivity index (χ2v) is 8.15. The lowest BCUT2D eigenvalue weighted by molar-refractivity contribution is -0.133. The number of anilines is 1. The van der Waals surface area contributed by atoms with Gasteiger partial charge in [0.05, 0.1) is 5.69 Å². The molecule has 1 N–H and O–H groups in total. The Hall–Kier alpha value is -3.41. The van der Waals surface area contributed by atoms with Crippen molar-refractivity contribution >= 4 is 17.5 Å². The van der Waals surface area contributed by atoms with Crippen LogP contribution in [0.2, 0.25) is 0 Å². The average Bonchev–Trinajstić information content (AvgIpc) is 3.11. The summed E-state index contributed by atoms with van der Waals surface area (Å²) in [6.45, 7) is 5.62. The zero-order valence-corrected chi connectivity index (χ0v) is 18.0. The lowest BCUT2D eigenvalue weighted by Crippen LogP contribution is -2.40. The lowest BCUT2D eigenvalue weighted by atomic mass is 9.88. The molecule has 6 nitrogen and oxygen atoms in total. The number of para-hydroxylation sites is 1. The second kappa shape index (κ2) is 9.16. The second-order valence-electron chi connectivity index (χ2n) is 8.15. The van der Waals surface area contributed by atoms with Crippen LogP contribution in [0.5, 0.6) is 0 Å². The first-order valence-corrected chi connectivity index (χ1v) is 10.8. The van der Waals surface area contributed by atoms with Crippen molar-refractivity contribution in [2.24, 2.45) is 0 Å². The number of nitrogens with one attached hydrogen (secondary N) is 1. The molecule has 0 radical (unpaired) electrons. The van der Waals surface area contributed by atoms with Gasteiger partial charge in [0.1, 0.15) is 6.54 Å². The van der Waals surface area contributed by atoms with Gasteiger partial charge in [-0.3, -0.25) is 14.3 Å². The van der Waals surface area contributed by atoms with E-state index in [4.69, 9.17) is 0 Å². The van der Waals surface area contributed by atoms with Crippen LogP contribution in [0, 0.1) is 13.8 Å². The summed E-state index contributed by atoms with van der Waals surface area (Å²) >= 11 is 0. The zero-order chi connectivity index (χ0) is 21.8. The molecule has 2 aromatic carbocycles. The van der Waals surface area contributed by atoms with Gasteiger partial charge in [0.25, 0.3) is 5.91 Å². The third kappa shape index (κ3) is 4.85. The fraction of sp³-hybridized carbons (Fsp3) is 0.320. The minimum Gasteiger partial charge on any atom is -0.341 e.